The summed E-state index contributed by atoms with van der Waals surface area (Å²) in [6.07, 6.45) is 0.808. The molecule has 0 unspecified atom stereocenters. The van der Waals surface area contributed by atoms with E-state index in [1.54, 1.807) is 11.3 Å². The van der Waals surface area contributed by atoms with Gasteiger partial charge in [0, 0.05) is 30.1 Å². The predicted molar refractivity (Wildman–Crippen MR) is 111 cm³/mol. The SMILES string of the molecule is C[C@@H]1CN(C(=O)CSc2nnc(Cc3cccs3)n2-c2ccccc2)CCO1. The van der Waals surface area contributed by atoms with Gasteiger partial charge in [0.25, 0.3) is 0 Å². The summed E-state index contributed by atoms with van der Waals surface area (Å²) >= 11 is 3.15. The Hall–Kier alpha value is -2.16. The van der Waals surface area contributed by atoms with Crippen molar-refractivity contribution in [2.24, 2.45) is 0 Å². The molecule has 1 aliphatic rings. The molecule has 2 aromatic heterocycles. The van der Waals surface area contributed by atoms with Crippen LogP contribution in [0.2, 0.25) is 0 Å². The fourth-order valence-corrected chi connectivity index (χ4v) is 4.75. The highest BCUT2D eigenvalue weighted by Gasteiger charge is 2.23. The molecular weight excluding hydrogens is 392 g/mol. The van der Waals surface area contributed by atoms with Crippen LogP contribution in [0.1, 0.15) is 17.6 Å². The Morgan fingerprint density at radius 2 is 2.11 bits per heavy atom. The summed E-state index contributed by atoms with van der Waals surface area (Å²) in [6, 6.07) is 14.2. The third-order valence-corrected chi connectivity index (χ3v) is 6.34. The van der Waals surface area contributed by atoms with E-state index in [1.165, 1.54) is 16.6 Å². The third-order valence-electron chi connectivity index (χ3n) is 4.55. The van der Waals surface area contributed by atoms with Crippen molar-refractivity contribution in [1.82, 2.24) is 19.7 Å². The van der Waals surface area contributed by atoms with Crippen molar-refractivity contribution in [3.63, 3.8) is 0 Å². The van der Waals surface area contributed by atoms with Crippen molar-refractivity contribution in [2.75, 3.05) is 25.4 Å². The number of amides is 1. The van der Waals surface area contributed by atoms with Crippen molar-refractivity contribution in [1.29, 1.82) is 0 Å². The van der Waals surface area contributed by atoms with Crippen LogP contribution in [0.25, 0.3) is 5.69 Å². The second-order valence-electron chi connectivity index (χ2n) is 6.64. The number of para-hydroxylation sites is 1. The quantitative estimate of drug-likeness (QED) is 0.580. The van der Waals surface area contributed by atoms with Gasteiger partial charge in [0.05, 0.1) is 18.5 Å². The minimum absolute atomic E-state index is 0.0908. The lowest BCUT2D eigenvalue weighted by Crippen LogP contribution is -2.45. The zero-order valence-corrected chi connectivity index (χ0v) is 17.3. The summed E-state index contributed by atoms with van der Waals surface area (Å²) in [6.45, 7) is 3.89. The molecule has 0 saturated carbocycles. The molecule has 6 nitrogen and oxygen atoms in total. The molecule has 0 bridgehead atoms. The third kappa shape index (κ3) is 4.45. The number of morpholine rings is 1. The molecule has 3 heterocycles. The van der Waals surface area contributed by atoms with Crippen molar-refractivity contribution in [2.45, 2.75) is 24.6 Å². The maximum atomic E-state index is 12.6. The van der Waals surface area contributed by atoms with E-state index in [1.807, 2.05) is 48.2 Å². The lowest BCUT2D eigenvalue weighted by molar-refractivity contribution is -0.135. The van der Waals surface area contributed by atoms with Crippen molar-refractivity contribution in [3.05, 3.63) is 58.5 Å². The second-order valence-corrected chi connectivity index (χ2v) is 8.61. The van der Waals surface area contributed by atoms with Crippen LogP contribution in [0.4, 0.5) is 0 Å². The summed E-state index contributed by atoms with van der Waals surface area (Å²) in [5, 5.41) is 11.6. The van der Waals surface area contributed by atoms with Crippen LogP contribution in [0.3, 0.4) is 0 Å². The van der Waals surface area contributed by atoms with Crippen molar-refractivity contribution < 1.29 is 9.53 Å². The van der Waals surface area contributed by atoms with Crippen LogP contribution in [0, 0.1) is 0 Å². The van der Waals surface area contributed by atoms with E-state index in [0.29, 0.717) is 25.4 Å². The molecule has 0 aliphatic carbocycles. The second kappa shape index (κ2) is 8.89. The van der Waals surface area contributed by atoms with Gasteiger partial charge in [-0.2, -0.15) is 0 Å². The van der Waals surface area contributed by atoms with Gasteiger partial charge in [-0.25, -0.2) is 0 Å². The highest BCUT2D eigenvalue weighted by atomic mass is 32.2. The molecule has 1 aromatic carbocycles. The van der Waals surface area contributed by atoms with E-state index in [9.17, 15) is 4.79 Å². The molecule has 1 atom stereocenters. The number of hydrogen-bond donors (Lipinski definition) is 0. The van der Waals surface area contributed by atoms with E-state index >= 15 is 0 Å². The van der Waals surface area contributed by atoms with Gasteiger partial charge < -0.3 is 9.64 Å². The standard InChI is InChI=1S/C20H22N4O2S2/c1-15-13-23(9-10-26-15)19(25)14-28-20-22-21-18(12-17-8-5-11-27-17)24(20)16-6-3-2-4-7-16/h2-8,11,15H,9-10,12-14H2,1H3/t15-/m1/s1. The number of carbonyl (C=O) groups excluding carboxylic acids is 1. The summed E-state index contributed by atoms with van der Waals surface area (Å²) in [5.41, 5.74) is 1.01. The summed E-state index contributed by atoms with van der Waals surface area (Å²) in [4.78, 5) is 15.7. The maximum Gasteiger partial charge on any atom is 0.233 e. The number of thiophene rings is 1. The van der Waals surface area contributed by atoms with Crippen LogP contribution in [0.15, 0.2) is 53.0 Å². The molecule has 1 fully saturated rings. The Bertz CT molecular complexity index is 912. The predicted octanol–water partition coefficient (Wildman–Crippen LogP) is 3.26. The maximum absolute atomic E-state index is 12.6. The van der Waals surface area contributed by atoms with Crippen LogP contribution in [-0.2, 0) is 16.0 Å². The smallest absolute Gasteiger partial charge is 0.233 e. The summed E-state index contributed by atoms with van der Waals surface area (Å²) in [7, 11) is 0. The van der Waals surface area contributed by atoms with Crippen molar-refractivity contribution in [3.8, 4) is 5.69 Å². The fraction of sp³-hybridized carbons (Fsp3) is 0.350. The fourth-order valence-electron chi connectivity index (χ4n) is 3.18. The van der Waals surface area contributed by atoms with E-state index < -0.39 is 0 Å². The van der Waals surface area contributed by atoms with Crippen LogP contribution < -0.4 is 0 Å². The van der Waals surface area contributed by atoms with Crippen LogP contribution in [0.5, 0.6) is 0 Å². The average molecular weight is 415 g/mol. The van der Waals surface area contributed by atoms with Crippen LogP contribution in [-0.4, -0.2) is 57.1 Å². The molecule has 8 heteroatoms. The number of thioether (sulfide) groups is 1. The largest absolute Gasteiger partial charge is 0.375 e. The molecule has 28 heavy (non-hydrogen) atoms. The molecule has 3 aromatic rings. The monoisotopic (exact) mass is 414 g/mol. The van der Waals surface area contributed by atoms with Crippen molar-refractivity contribution >= 4 is 29.0 Å². The molecule has 1 amide bonds. The number of rotatable bonds is 6. The number of carbonyl (C=O) groups is 1. The average Bonchev–Trinajstić information content (AvgIpc) is 3.37. The first-order valence-corrected chi connectivity index (χ1v) is 11.1. The zero-order valence-electron chi connectivity index (χ0n) is 15.7. The van der Waals surface area contributed by atoms with Gasteiger partial charge in [-0.3, -0.25) is 9.36 Å². The van der Waals surface area contributed by atoms with Gasteiger partial charge in [0.1, 0.15) is 5.82 Å². The van der Waals surface area contributed by atoms with Gasteiger partial charge in [-0.1, -0.05) is 36.0 Å². The highest BCUT2D eigenvalue weighted by molar-refractivity contribution is 7.99. The molecular formula is C20H22N4O2S2. The van der Waals surface area contributed by atoms with Gasteiger partial charge in [-0.15, -0.1) is 21.5 Å². The van der Waals surface area contributed by atoms with E-state index in [4.69, 9.17) is 4.74 Å². The Kier molecular flexibility index (Phi) is 6.09. The van der Waals surface area contributed by atoms with Crippen LogP contribution >= 0.6 is 23.1 Å². The Labute approximate surface area is 172 Å². The van der Waals surface area contributed by atoms with Gasteiger partial charge in [0.15, 0.2) is 5.16 Å². The number of nitrogens with zero attached hydrogens (tertiary/aromatic N) is 4. The minimum atomic E-state index is 0.0908. The Morgan fingerprint density at radius 1 is 1.25 bits per heavy atom. The summed E-state index contributed by atoms with van der Waals surface area (Å²) < 4.78 is 7.58. The molecule has 4 rings (SSSR count). The van der Waals surface area contributed by atoms with Gasteiger partial charge in [0.2, 0.25) is 5.91 Å². The molecule has 1 aliphatic heterocycles. The number of ether oxygens (including phenoxy) is 1. The lowest BCUT2D eigenvalue weighted by atomic mass is 10.3. The topological polar surface area (TPSA) is 60.2 Å². The molecule has 0 spiro atoms. The first kappa shape index (κ1) is 19.2. The van der Waals surface area contributed by atoms with E-state index in [2.05, 4.69) is 26.2 Å². The zero-order chi connectivity index (χ0) is 19.3. The van der Waals surface area contributed by atoms with Gasteiger partial charge in [-0.05, 0) is 30.5 Å². The molecule has 0 N–H and O–H groups in total. The molecule has 1 saturated heterocycles. The number of benzene rings is 1. The molecule has 146 valence electrons. The van der Waals surface area contributed by atoms with E-state index in [0.717, 1.165) is 23.1 Å². The summed E-state index contributed by atoms with van der Waals surface area (Å²) in [5.74, 6) is 1.34. The number of hydrogen-bond acceptors (Lipinski definition) is 6. The minimum Gasteiger partial charge on any atom is -0.375 e. The number of aromatic nitrogens is 3. The normalized spacial score (nSPS) is 17.0. The van der Waals surface area contributed by atoms with Gasteiger partial charge >= 0.3 is 0 Å². The first-order chi connectivity index (χ1) is 13.7. The highest BCUT2D eigenvalue weighted by Crippen LogP contribution is 2.25. The lowest BCUT2D eigenvalue weighted by Gasteiger charge is -2.31. The molecule has 0 radical (unpaired) electrons. The van der Waals surface area contributed by atoms with E-state index in [-0.39, 0.29) is 12.0 Å². The Balaban J connectivity index is 1.53. The Morgan fingerprint density at radius 3 is 2.86 bits per heavy atom. The first-order valence-electron chi connectivity index (χ1n) is 9.25.